The molecule has 0 heterocycles. The molecule has 1 aromatic carbocycles. The Morgan fingerprint density at radius 1 is 0.292 bits per heavy atom. The second-order valence-corrected chi connectivity index (χ2v) is 7.08. The molecule has 0 saturated carbocycles. The molecule has 1 aliphatic carbocycles. The van der Waals surface area contributed by atoms with Crippen LogP contribution in [0, 0.1) is 0 Å². The lowest BCUT2D eigenvalue weighted by atomic mass is 10.3. The topological polar surface area (TPSA) is 0 Å². The molecule has 0 aromatic heterocycles. The van der Waals surface area contributed by atoms with E-state index in [1.165, 1.54) is 57.8 Å². The van der Waals surface area contributed by atoms with E-state index in [9.17, 15) is 0 Å². The summed E-state index contributed by atoms with van der Waals surface area (Å²) in [5.41, 5.74) is 0. The summed E-state index contributed by atoms with van der Waals surface area (Å²) in [4.78, 5) is 0. The molecule has 0 heteroatoms. The fourth-order valence-electron chi connectivity index (χ4n) is 1.48. The molecular weight excluding hydrogens is 577 g/mol. The zero-order valence-corrected chi connectivity index (χ0v) is 30.8. The molecule has 0 N–H and O–H groups in total. The number of hydrogen-bond donors (Lipinski definition) is 0. The minimum absolute atomic E-state index is 0. The van der Waals surface area contributed by atoms with E-state index in [4.69, 9.17) is 0 Å². The summed E-state index contributed by atoms with van der Waals surface area (Å²) < 4.78 is 0. The van der Waals surface area contributed by atoms with Crippen LogP contribution in [0.4, 0.5) is 0 Å². The number of hydrogen-bond acceptors (Lipinski definition) is 0. The zero-order chi connectivity index (χ0) is 32.1. The van der Waals surface area contributed by atoms with Crippen LogP contribution in [0.5, 0.6) is 0 Å². The van der Waals surface area contributed by atoms with Gasteiger partial charge < -0.3 is 0 Å². The van der Waals surface area contributed by atoms with Crippen molar-refractivity contribution in [3.8, 4) is 0 Å². The maximum Gasteiger partial charge on any atom is -0.0163 e. The first kappa shape index (κ1) is 127. The number of allylic oxidation sites excluding steroid dienone is 4. The summed E-state index contributed by atoms with van der Waals surface area (Å²) in [6, 6.07) is 12.0. The van der Waals surface area contributed by atoms with Gasteiger partial charge in [-0.15, -0.1) is 0 Å². The van der Waals surface area contributed by atoms with Gasteiger partial charge >= 0.3 is 0 Å². The molecule has 0 aliphatic heterocycles. The highest BCUT2D eigenvalue weighted by Gasteiger charge is 1.72. The summed E-state index contributed by atoms with van der Waals surface area (Å²) in [7, 11) is 0. The Morgan fingerprint density at radius 3 is 0.458 bits per heavy atom. The van der Waals surface area contributed by atoms with Crippen molar-refractivity contribution in [1.29, 1.82) is 0 Å². The van der Waals surface area contributed by atoms with Crippen molar-refractivity contribution in [1.82, 2.24) is 0 Å². The Morgan fingerprint density at radius 2 is 0.417 bits per heavy atom. The molecule has 0 fully saturated rings. The quantitative estimate of drug-likeness (QED) is 0.293. The van der Waals surface area contributed by atoms with Crippen molar-refractivity contribution in [2.75, 3.05) is 0 Å². The Labute approximate surface area is 322 Å². The van der Waals surface area contributed by atoms with Crippen molar-refractivity contribution < 1.29 is 0 Å². The monoisotopic (exact) mass is 701 g/mol. The fraction of sp³-hybridized carbons (Fsp3) is 0.792. The third kappa shape index (κ3) is 455. The lowest BCUT2D eigenvalue weighted by Gasteiger charge is -1.79. The molecule has 0 bridgehead atoms. The molecular formula is C48H124. The third-order valence-electron chi connectivity index (χ3n) is 2.74. The lowest BCUT2D eigenvalue weighted by molar-refractivity contribution is 0.772. The van der Waals surface area contributed by atoms with Gasteiger partial charge in [0.1, 0.15) is 0 Å². The summed E-state index contributed by atoms with van der Waals surface area (Å²) in [6.45, 7) is 37.6. The van der Waals surface area contributed by atoms with Gasteiger partial charge in [0, 0.05) is 0 Å². The van der Waals surface area contributed by atoms with Crippen molar-refractivity contribution >= 4 is 0 Å². The minimum atomic E-state index is 0. The Kier molecular flexibility index (Phi) is 692. The summed E-state index contributed by atoms with van der Waals surface area (Å²) in [5, 5.41) is 0. The van der Waals surface area contributed by atoms with Gasteiger partial charge in [0.25, 0.3) is 0 Å². The van der Waals surface area contributed by atoms with E-state index in [-0.39, 0.29) is 74.3 Å². The van der Waals surface area contributed by atoms with Crippen LogP contribution >= 0.6 is 0 Å². The summed E-state index contributed by atoms with van der Waals surface area (Å²) in [5.74, 6) is 0. The van der Waals surface area contributed by atoms with Gasteiger partial charge in [-0.1, -0.05) is 317 Å². The fourth-order valence-corrected chi connectivity index (χ4v) is 1.48. The molecule has 1 aromatic rings. The molecule has 0 radical (unpaired) electrons. The van der Waals surface area contributed by atoms with E-state index >= 15 is 0 Å². The number of unbranched alkanes of at least 4 members (excludes halogenated alkanes) is 4. The average molecular weight is 702 g/mol. The zero-order valence-electron chi connectivity index (χ0n) is 30.8. The molecule has 0 nitrogen and oxygen atoms in total. The molecule has 0 spiro atoms. The molecule has 0 saturated heterocycles. The van der Waals surface area contributed by atoms with Crippen LogP contribution < -0.4 is 0 Å². The SMILES string of the molecule is C.C.C.C.C.C.C.C.C.C.C1=CCC=C1.CC.CC.CC.CC.CCC.CCC.CCC.CCCCC.CCCCC.c1ccccc1. The predicted molar refractivity (Wildman–Crippen MR) is 260 cm³/mol. The van der Waals surface area contributed by atoms with E-state index in [2.05, 4.69) is 93.5 Å². The number of rotatable bonds is 4. The molecule has 0 amide bonds. The molecule has 2 rings (SSSR count). The Balaban J connectivity index is -0.0000000114. The van der Waals surface area contributed by atoms with Crippen LogP contribution in [0.3, 0.4) is 0 Å². The number of benzene rings is 1. The van der Waals surface area contributed by atoms with Crippen LogP contribution in [0.15, 0.2) is 60.7 Å². The first-order valence-electron chi connectivity index (χ1n) is 16.9. The van der Waals surface area contributed by atoms with Crippen molar-refractivity contribution in [3.63, 3.8) is 0 Å². The van der Waals surface area contributed by atoms with Gasteiger partial charge in [0.2, 0.25) is 0 Å². The molecule has 0 unspecified atom stereocenters. The van der Waals surface area contributed by atoms with Crippen LogP contribution in [0.1, 0.15) is 263 Å². The third-order valence-corrected chi connectivity index (χ3v) is 2.74. The molecule has 48 heavy (non-hydrogen) atoms. The summed E-state index contributed by atoms with van der Waals surface area (Å²) in [6.07, 6.45) is 21.4. The van der Waals surface area contributed by atoms with Crippen molar-refractivity contribution in [2.24, 2.45) is 0 Å². The Bertz CT molecular complexity index is 283. The van der Waals surface area contributed by atoms with Gasteiger partial charge in [0.15, 0.2) is 0 Å². The first-order chi connectivity index (χ1) is 18.6. The largest absolute Gasteiger partial charge is 0.0808 e. The van der Waals surface area contributed by atoms with E-state index in [1.807, 2.05) is 91.8 Å². The van der Waals surface area contributed by atoms with Gasteiger partial charge in [-0.3, -0.25) is 0 Å². The first-order valence-corrected chi connectivity index (χ1v) is 16.9. The average Bonchev–Trinajstić information content (AvgIpc) is 3.58. The predicted octanol–water partition coefficient (Wildman–Crippen LogP) is 22.3. The van der Waals surface area contributed by atoms with Crippen LogP contribution in [0.2, 0.25) is 0 Å². The smallest absolute Gasteiger partial charge is 0.0163 e. The molecule has 1 aliphatic rings. The van der Waals surface area contributed by atoms with Gasteiger partial charge in [-0.2, -0.15) is 0 Å². The minimum Gasteiger partial charge on any atom is -0.0808 e. The second-order valence-electron chi connectivity index (χ2n) is 7.08. The molecule has 0 atom stereocenters. The Hall–Kier alpha value is -1.30. The highest BCUT2D eigenvalue weighted by molar-refractivity contribution is 5.12. The normalized spacial score (nSPS) is 6.21. The lowest BCUT2D eigenvalue weighted by Crippen LogP contribution is -1.59. The van der Waals surface area contributed by atoms with Gasteiger partial charge in [0.05, 0.1) is 0 Å². The van der Waals surface area contributed by atoms with E-state index in [0.717, 1.165) is 6.42 Å². The van der Waals surface area contributed by atoms with Gasteiger partial charge in [-0.25, -0.2) is 0 Å². The van der Waals surface area contributed by atoms with E-state index in [1.54, 1.807) is 0 Å². The highest BCUT2D eigenvalue weighted by atomic mass is 13.8. The van der Waals surface area contributed by atoms with Gasteiger partial charge in [-0.05, 0) is 6.42 Å². The van der Waals surface area contributed by atoms with Crippen LogP contribution in [-0.4, -0.2) is 0 Å². The highest BCUT2D eigenvalue weighted by Crippen LogP contribution is 1.93. The molecule has 316 valence electrons. The van der Waals surface area contributed by atoms with E-state index in [0.29, 0.717) is 0 Å². The van der Waals surface area contributed by atoms with Crippen LogP contribution in [0.25, 0.3) is 0 Å². The standard InChI is InChI=1S/C6H6.C5H6.2C5H12.3C3H8.4C2H6.10CH4/c1-2-4-6-5-3-1;1-2-4-5-3-1;2*1-3-5-4-2;3*1-3-2;4*1-2;;;;;;;;;;/h1-6H;1-4H,5H2;2*3-5H2,1-2H3;3*3H2,1-2H3;4*1-2H3;10*1H4. The maximum absolute atomic E-state index is 2.21. The van der Waals surface area contributed by atoms with Crippen LogP contribution in [-0.2, 0) is 0 Å². The van der Waals surface area contributed by atoms with E-state index < -0.39 is 0 Å². The maximum atomic E-state index is 2.21. The van der Waals surface area contributed by atoms with Crippen molar-refractivity contribution in [3.05, 3.63) is 60.7 Å². The second kappa shape index (κ2) is 261. The summed E-state index contributed by atoms with van der Waals surface area (Å²) >= 11 is 0. The van der Waals surface area contributed by atoms with Crippen molar-refractivity contribution in [2.45, 2.75) is 263 Å².